The maximum atomic E-state index is 12.0. The van der Waals surface area contributed by atoms with Crippen LogP contribution in [0.25, 0.3) is 0 Å². The van der Waals surface area contributed by atoms with Gasteiger partial charge in [-0.1, -0.05) is 12.1 Å². The van der Waals surface area contributed by atoms with Crippen LogP contribution in [0.1, 0.15) is 20.9 Å². The van der Waals surface area contributed by atoms with E-state index in [9.17, 15) is 19.2 Å². The van der Waals surface area contributed by atoms with Crippen molar-refractivity contribution in [2.24, 2.45) is 0 Å². The van der Waals surface area contributed by atoms with Crippen molar-refractivity contribution < 1.29 is 33.1 Å². The van der Waals surface area contributed by atoms with Crippen LogP contribution in [0.3, 0.4) is 0 Å². The largest absolute Gasteiger partial charge is 0.496 e. The van der Waals surface area contributed by atoms with Crippen LogP contribution in [0.15, 0.2) is 47.1 Å². The molecule has 2 rings (SSSR count). The molecule has 0 spiro atoms. The van der Waals surface area contributed by atoms with E-state index in [4.69, 9.17) is 9.15 Å². The zero-order valence-electron chi connectivity index (χ0n) is 13.8. The molecule has 0 bridgehead atoms. The Bertz CT molecular complexity index is 799. The summed E-state index contributed by atoms with van der Waals surface area (Å²) in [6.07, 6.45) is 1.32. The number of furan rings is 1. The van der Waals surface area contributed by atoms with Gasteiger partial charge in [0.15, 0.2) is 12.4 Å². The number of rotatable bonds is 7. The molecule has 1 heterocycles. The molecule has 9 nitrogen and oxygen atoms in total. The van der Waals surface area contributed by atoms with E-state index >= 15 is 0 Å². The summed E-state index contributed by atoms with van der Waals surface area (Å²) >= 11 is 0. The van der Waals surface area contributed by atoms with Crippen molar-refractivity contribution in [1.82, 2.24) is 10.6 Å². The summed E-state index contributed by atoms with van der Waals surface area (Å²) in [4.78, 5) is 46.8. The van der Waals surface area contributed by atoms with Gasteiger partial charge in [-0.15, -0.1) is 0 Å². The van der Waals surface area contributed by atoms with Gasteiger partial charge in [-0.3, -0.25) is 24.5 Å². The topological polar surface area (TPSA) is 124 Å². The SMILES string of the molecule is COc1ccccc1C(=O)NC(=O)COC(=O)CNC(=O)c1ccco1. The van der Waals surface area contributed by atoms with E-state index in [1.165, 1.54) is 31.6 Å². The summed E-state index contributed by atoms with van der Waals surface area (Å²) in [5, 5.41) is 4.34. The molecule has 0 fully saturated rings. The maximum absolute atomic E-state index is 12.0. The highest BCUT2D eigenvalue weighted by atomic mass is 16.5. The molecular weight excluding hydrogens is 344 g/mol. The molecule has 1 aromatic carbocycles. The highest BCUT2D eigenvalue weighted by Gasteiger charge is 2.16. The number of hydrogen-bond acceptors (Lipinski definition) is 7. The number of methoxy groups -OCH3 is 1. The van der Waals surface area contributed by atoms with Crippen LogP contribution in [0, 0.1) is 0 Å². The number of imide groups is 1. The highest BCUT2D eigenvalue weighted by molar-refractivity contribution is 6.06. The van der Waals surface area contributed by atoms with E-state index in [0.29, 0.717) is 5.75 Å². The van der Waals surface area contributed by atoms with Gasteiger partial charge in [0, 0.05) is 0 Å². The average Bonchev–Trinajstić information content (AvgIpc) is 3.19. The van der Waals surface area contributed by atoms with Gasteiger partial charge in [0.25, 0.3) is 17.7 Å². The number of benzene rings is 1. The third kappa shape index (κ3) is 5.20. The number of hydrogen-bond donors (Lipinski definition) is 2. The third-order valence-electron chi connectivity index (χ3n) is 3.11. The van der Waals surface area contributed by atoms with Crippen molar-refractivity contribution in [2.45, 2.75) is 0 Å². The minimum atomic E-state index is -0.843. The van der Waals surface area contributed by atoms with E-state index in [1.807, 2.05) is 0 Å². The minimum absolute atomic E-state index is 0.0398. The zero-order valence-corrected chi connectivity index (χ0v) is 13.8. The van der Waals surface area contributed by atoms with Gasteiger partial charge in [-0.05, 0) is 24.3 Å². The molecule has 9 heteroatoms. The normalized spacial score (nSPS) is 9.88. The van der Waals surface area contributed by atoms with Crippen molar-refractivity contribution in [2.75, 3.05) is 20.3 Å². The third-order valence-corrected chi connectivity index (χ3v) is 3.11. The molecule has 0 unspecified atom stereocenters. The lowest BCUT2D eigenvalue weighted by Crippen LogP contribution is -2.36. The lowest BCUT2D eigenvalue weighted by molar-refractivity contribution is -0.147. The van der Waals surface area contributed by atoms with Crippen LogP contribution in [0.5, 0.6) is 5.75 Å². The second-order valence-corrected chi connectivity index (χ2v) is 4.90. The number of esters is 1. The first-order valence-electron chi connectivity index (χ1n) is 7.45. The van der Waals surface area contributed by atoms with Gasteiger partial charge < -0.3 is 19.2 Å². The second-order valence-electron chi connectivity index (χ2n) is 4.90. The number of carbonyl (C=O) groups is 4. The fourth-order valence-electron chi connectivity index (χ4n) is 1.91. The number of ether oxygens (including phenoxy) is 2. The van der Waals surface area contributed by atoms with E-state index in [0.717, 1.165) is 0 Å². The summed E-state index contributed by atoms with van der Waals surface area (Å²) in [6, 6.07) is 9.30. The van der Waals surface area contributed by atoms with E-state index in [1.54, 1.807) is 18.2 Å². The Hall–Kier alpha value is -3.62. The first-order chi connectivity index (χ1) is 12.5. The van der Waals surface area contributed by atoms with E-state index in [2.05, 4.69) is 15.4 Å². The molecule has 0 atom stereocenters. The number of amides is 3. The van der Waals surface area contributed by atoms with Gasteiger partial charge in [-0.2, -0.15) is 0 Å². The Morgan fingerprint density at radius 3 is 2.50 bits per heavy atom. The van der Waals surface area contributed by atoms with Crippen LogP contribution in [0.4, 0.5) is 0 Å². The van der Waals surface area contributed by atoms with Crippen molar-refractivity contribution in [3.63, 3.8) is 0 Å². The van der Waals surface area contributed by atoms with Gasteiger partial charge in [0.05, 0.1) is 18.9 Å². The van der Waals surface area contributed by atoms with Crippen LogP contribution in [-0.4, -0.2) is 44.0 Å². The van der Waals surface area contributed by atoms with Crippen molar-refractivity contribution in [3.05, 3.63) is 54.0 Å². The molecule has 0 saturated heterocycles. The Balaban J connectivity index is 1.75. The number of nitrogens with one attached hydrogen (secondary N) is 2. The van der Waals surface area contributed by atoms with Gasteiger partial charge in [-0.25, -0.2) is 0 Å². The first-order valence-corrected chi connectivity index (χ1v) is 7.45. The predicted octanol–water partition coefficient (Wildman–Crippen LogP) is 0.518. The van der Waals surface area contributed by atoms with Crippen molar-refractivity contribution in [3.8, 4) is 5.75 Å². The first kappa shape index (κ1) is 18.7. The smallest absolute Gasteiger partial charge is 0.325 e. The Labute approximate surface area is 148 Å². The standard InChI is InChI=1S/C17H16N2O7/c1-24-12-6-3-2-5-11(12)16(22)19-14(20)10-26-15(21)9-18-17(23)13-7-4-8-25-13/h2-8H,9-10H2,1H3,(H,18,23)(H,19,20,22). The van der Waals surface area contributed by atoms with E-state index in [-0.39, 0.29) is 11.3 Å². The predicted molar refractivity (Wildman–Crippen MR) is 87.5 cm³/mol. The van der Waals surface area contributed by atoms with Crippen LogP contribution >= 0.6 is 0 Å². The van der Waals surface area contributed by atoms with Crippen molar-refractivity contribution in [1.29, 1.82) is 0 Å². The monoisotopic (exact) mass is 360 g/mol. The molecule has 0 aliphatic heterocycles. The summed E-state index contributed by atoms with van der Waals surface area (Å²) < 4.78 is 14.6. The van der Waals surface area contributed by atoms with E-state index < -0.39 is 36.8 Å². The molecule has 26 heavy (non-hydrogen) atoms. The zero-order chi connectivity index (χ0) is 18.9. The Kier molecular flexibility index (Phi) is 6.49. The van der Waals surface area contributed by atoms with Crippen molar-refractivity contribution >= 4 is 23.7 Å². The Morgan fingerprint density at radius 2 is 1.81 bits per heavy atom. The highest BCUT2D eigenvalue weighted by Crippen LogP contribution is 2.16. The average molecular weight is 360 g/mol. The maximum Gasteiger partial charge on any atom is 0.325 e. The summed E-state index contributed by atoms with van der Waals surface area (Å²) in [7, 11) is 1.40. The van der Waals surface area contributed by atoms with Crippen LogP contribution < -0.4 is 15.4 Å². The summed E-state index contributed by atoms with van der Waals surface area (Å²) in [5.41, 5.74) is 0.167. The molecule has 2 aromatic rings. The molecule has 0 saturated carbocycles. The molecule has 0 aliphatic carbocycles. The molecule has 1 aromatic heterocycles. The lowest BCUT2D eigenvalue weighted by Gasteiger charge is -2.09. The molecule has 2 N–H and O–H groups in total. The van der Waals surface area contributed by atoms with Gasteiger partial charge in [0.2, 0.25) is 0 Å². The molecular formula is C17H16N2O7. The quantitative estimate of drug-likeness (QED) is 0.690. The fourth-order valence-corrected chi connectivity index (χ4v) is 1.91. The Morgan fingerprint density at radius 1 is 1.04 bits per heavy atom. The second kappa shape index (κ2) is 9.02. The number of carbonyl (C=O) groups excluding carboxylic acids is 4. The summed E-state index contributed by atoms with van der Waals surface area (Å²) in [5.74, 6) is -2.60. The molecule has 136 valence electrons. The molecule has 3 amide bonds. The van der Waals surface area contributed by atoms with Crippen LogP contribution in [0.2, 0.25) is 0 Å². The van der Waals surface area contributed by atoms with Gasteiger partial charge >= 0.3 is 5.97 Å². The molecule has 0 radical (unpaired) electrons. The minimum Gasteiger partial charge on any atom is -0.496 e. The van der Waals surface area contributed by atoms with Crippen LogP contribution in [-0.2, 0) is 14.3 Å². The molecule has 0 aliphatic rings. The van der Waals surface area contributed by atoms with Gasteiger partial charge in [0.1, 0.15) is 12.3 Å². The lowest BCUT2D eigenvalue weighted by atomic mass is 10.2. The summed E-state index contributed by atoms with van der Waals surface area (Å²) in [6.45, 7) is -1.12. The fraction of sp³-hybridized carbons (Fsp3) is 0.176. The number of para-hydroxylation sites is 1.